The monoisotopic (exact) mass is 257 g/mol. The van der Waals surface area contributed by atoms with Gasteiger partial charge >= 0.3 is 0 Å². The molecule has 0 unspecified atom stereocenters. The number of benzene rings is 1. The van der Waals surface area contributed by atoms with Crippen molar-refractivity contribution in [2.75, 3.05) is 20.3 Å². The normalized spacial score (nSPS) is 17.3. The molecule has 1 aliphatic heterocycles. The van der Waals surface area contributed by atoms with Crippen LogP contribution < -0.4 is 4.74 Å². The summed E-state index contributed by atoms with van der Waals surface area (Å²) in [6, 6.07) is 5.05. The van der Waals surface area contributed by atoms with Gasteiger partial charge in [-0.25, -0.2) is 8.42 Å². The van der Waals surface area contributed by atoms with E-state index in [4.69, 9.17) is 9.57 Å². The third-order valence-electron chi connectivity index (χ3n) is 2.59. The zero-order valence-corrected chi connectivity index (χ0v) is 10.7. The number of hydroxylamine groups is 1. The molecule has 1 aromatic rings. The highest BCUT2D eigenvalue weighted by atomic mass is 32.2. The molecular formula is C11H15NO4S. The van der Waals surface area contributed by atoms with Crippen LogP contribution >= 0.6 is 0 Å². The van der Waals surface area contributed by atoms with E-state index >= 15 is 0 Å². The summed E-state index contributed by atoms with van der Waals surface area (Å²) in [5.41, 5.74) is 0.864. The van der Waals surface area contributed by atoms with Crippen LogP contribution in [0, 0.1) is 6.92 Å². The van der Waals surface area contributed by atoms with E-state index in [9.17, 15) is 8.42 Å². The van der Waals surface area contributed by atoms with Crippen molar-refractivity contribution >= 4 is 10.0 Å². The van der Waals surface area contributed by atoms with Gasteiger partial charge in [-0.15, -0.1) is 0 Å². The van der Waals surface area contributed by atoms with Crippen molar-refractivity contribution in [2.45, 2.75) is 18.2 Å². The Labute approximate surface area is 101 Å². The van der Waals surface area contributed by atoms with Gasteiger partial charge in [0, 0.05) is 6.54 Å². The second-order valence-electron chi connectivity index (χ2n) is 3.87. The molecular weight excluding hydrogens is 242 g/mol. The van der Waals surface area contributed by atoms with Crippen molar-refractivity contribution in [3.63, 3.8) is 0 Å². The summed E-state index contributed by atoms with van der Waals surface area (Å²) in [5.74, 6) is 0.339. The van der Waals surface area contributed by atoms with Crippen molar-refractivity contribution in [2.24, 2.45) is 0 Å². The molecule has 1 heterocycles. The molecule has 94 valence electrons. The Morgan fingerprint density at radius 2 is 2.18 bits per heavy atom. The molecule has 17 heavy (non-hydrogen) atoms. The average molecular weight is 257 g/mol. The van der Waals surface area contributed by atoms with Crippen LogP contribution in [0.25, 0.3) is 0 Å². The zero-order valence-electron chi connectivity index (χ0n) is 9.84. The highest BCUT2D eigenvalue weighted by Gasteiger charge is 2.31. The maximum atomic E-state index is 12.3. The lowest BCUT2D eigenvalue weighted by molar-refractivity contribution is -0.0285. The molecule has 0 spiro atoms. The highest BCUT2D eigenvalue weighted by Crippen LogP contribution is 2.29. The largest absolute Gasteiger partial charge is 0.495 e. The van der Waals surface area contributed by atoms with E-state index < -0.39 is 10.0 Å². The second-order valence-corrected chi connectivity index (χ2v) is 5.67. The minimum Gasteiger partial charge on any atom is -0.495 e. The summed E-state index contributed by atoms with van der Waals surface area (Å²) in [4.78, 5) is 5.26. The van der Waals surface area contributed by atoms with Crippen molar-refractivity contribution in [1.29, 1.82) is 0 Å². The number of methoxy groups -OCH3 is 1. The van der Waals surface area contributed by atoms with Gasteiger partial charge in [-0.05, 0) is 31.0 Å². The van der Waals surface area contributed by atoms with Crippen LogP contribution in [0.1, 0.15) is 12.0 Å². The third kappa shape index (κ3) is 2.29. The standard InChI is InChI=1S/C11H15NO4S/c1-9-4-5-10(15-2)11(8-9)17(13,14)12-6-3-7-16-12/h4-5,8H,3,6-7H2,1-2H3. The fourth-order valence-corrected chi connectivity index (χ4v) is 3.25. The molecule has 5 nitrogen and oxygen atoms in total. The maximum absolute atomic E-state index is 12.3. The van der Waals surface area contributed by atoms with E-state index in [2.05, 4.69) is 0 Å². The Balaban J connectivity index is 2.47. The van der Waals surface area contributed by atoms with E-state index in [0.717, 1.165) is 10.0 Å². The predicted molar refractivity (Wildman–Crippen MR) is 62.2 cm³/mol. The first-order valence-electron chi connectivity index (χ1n) is 5.36. The van der Waals surface area contributed by atoms with E-state index in [1.807, 2.05) is 13.0 Å². The van der Waals surface area contributed by atoms with E-state index in [1.54, 1.807) is 12.1 Å². The summed E-state index contributed by atoms with van der Waals surface area (Å²) in [5, 5.41) is 0. The van der Waals surface area contributed by atoms with Crippen molar-refractivity contribution in [1.82, 2.24) is 4.47 Å². The minimum atomic E-state index is -3.62. The molecule has 0 radical (unpaired) electrons. The molecule has 1 saturated heterocycles. The molecule has 0 bridgehead atoms. The maximum Gasteiger partial charge on any atom is 0.268 e. The fourth-order valence-electron chi connectivity index (χ4n) is 1.71. The quantitative estimate of drug-likeness (QED) is 0.819. The average Bonchev–Trinajstić information content (AvgIpc) is 2.83. The summed E-state index contributed by atoms with van der Waals surface area (Å²) in [6.07, 6.45) is 0.716. The lowest BCUT2D eigenvalue weighted by atomic mass is 10.2. The van der Waals surface area contributed by atoms with Crippen LogP contribution in [-0.2, 0) is 14.9 Å². The molecule has 0 atom stereocenters. The summed E-state index contributed by atoms with van der Waals surface area (Å²) >= 11 is 0. The molecule has 0 N–H and O–H groups in total. The van der Waals surface area contributed by atoms with Crippen LogP contribution in [0.15, 0.2) is 23.1 Å². The lowest BCUT2D eigenvalue weighted by Gasteiger charge is -2.16. The van der Waals surface area contributed by atoms with Gasteiger partial charge in [0.15, 0.2) is 0 Å². The number of sulfonamides is 1. The summed E-state index contributed by atoms with van der Waals surface area (Å²) < 4.78 is 30.7. The molecule has 0 aromatic heterocycles. The predicted octanol–water partition coefficient (Wildman–Crippen LogP) is 1.33. The highest BCUT2D eigenvalue weighted by molar-refractivity contribution is 7.89. The first kappa shape index (κ1) is 12.3. The zero-order chi connectivity index (χ0) is 12.5. The molecule has 2 rings (SSSR count). The van der Waals surface area contributed by atoms with Gasteiger partial charge in [-0.2, -0.15) is 0 Å². The van der Waals surface area contributed by atoms with Crippen molar-refractivity contribution in [3.8, 4) is 5.75 Å². The van der Waals surface area contributed by atoms with Crippen LogP contribution in [0.3, 0.4) is 0 Å². The number of rotatable bonds is 3. The summed E-state index contributed by atoms with van der Waals surface area (Å²) in [6.45, 7) is 2.66. The number of hydrogen-bond acceptors (Lipinski definition) is 4. The summed E-state index contributed by atoms with van der Waals surface area (Å²) in [7, 11) is -2.16. The number of hydrogen-bond donors (Lipinski definition) is 0. The van der Waals surface area contributed by atoms with Crippen molar-refractivity contribution in [3.05, 3.63) is 23.8 Å². The van der Waals surface area contributed by atoms with Crippen LogP contribution in [0.5, 0.6) is 5.75 Å². The van der Waals surface area contributed by atoms with Crippen LogP contribution in [-0.4, -0.2) is 33.1 Å². The molecule has 1 aromatic carbocycles. The third-order valence-corrected chi connectivity index (χ3v) is 4.28. The number of aryl methyl sites for hydroxylation is 1. The Kier molecular flexibility index (Phi) is 3.37. The number of ether oxygens (including phenoxy) is 1. The Hall–Kier alpha value is -1.11. The second kappa shape index (κ2) is 4.64. The molecule has 1 fully saturated rings. The smallest absolute Gasteiger partial charge is 0.268 e. The van der Waals surface area contributed by atoms with E-state index in [-0.39, 0.29) is 4.90 Å². The van der Waals surface area contributed by atoms with Crippen LogP contribution in [0.4, 0.5) is 0 Å². The van der Waals surface area contributed by atoms with Crippen LogP contribution in [0.2, 0.25) is 0 Å². The molecule has 0 aliphatic carbocycles. The first-order chi connectivity index (χ1) is 8.05. The van der Waals surface area contributed by atoms with Gasteiger partial charge in [-0.1, -0.05) is 10.5 Å². The van der Waals surface area contributed by atoms with E-state index in [1.165, 1.54) is 7.11 Å². The van der Waals surface area contributed by atoms with Gasteiger partial charge in [0.05, 0.1) is 13.7 Å². The van der Waals surface area contributed by atoms with Gasteiger partial charge < -0.3 is 4.74 Å². The first-order valence-corrected chi connectivity index (χ1v) is 6.80. The Morgan fingerprint density at radius 1 is 1.41 bits per heavy atom. The minimum absolute atomic E-state index is 0.155. The van der Waals surface area contributed by atoms with Gasteiger partial charge in [0.1, 0.15) is 10.6 Å². The van der Waals surface area contributed by atoms with E-state index in [0.29, 0.717) is 25.3 Å². The molecule has 0 saturated carbocycles. The van der Waals surface area contributed by atoms with Crippen molar-refractivity contribution < 1.29 is 18.0 Å². The Morgan fingerprint density at radius 3 is 2.76 bits per heavy atom. The topological polar surface area (TPSA) is 55.8 Å². The Bertz CT molecular complexity index is 506. The lowest BCUT2D eigenvalue weighted by Crippen LogP contribution is -2.27. The fraction of sp³-hybridized carbons (Fsp3) is 0.455. The number of nitrogens with zero attached hydrogens (tertiary/aromatic N) is 1. The van der Waals surface area contributed by atoms with Gasteiger partial charge in [0.25, 0.3) is 10.0 Å². The SMILES string of the molecule is COc1ccc(C)cc1S(=O)(=O)N1CCCO1. The van der Waals surface area contributed by atoms with Gasteiger partial charge in [0.2, 0.25) is 0 Å². The van der Waals surface area contributed by atoms with Gasteiger partial charge in [-0.3, -0.25) is 4.84 Å². The molecule has 0 amide bonds. The molecule has 6 heteroatoms. The molecule has 1 aliphatic rings.